The number of methoxy groups -OCH3 is 4. The van der Waals surface area contributed by atoms with E-state index in [-0.39, 0.29) is 0 Å². The van der Waals surface area contributed by atoms with Crippen LogP contribution in [0.4, 0.5) is 0 Å². The molecule has 0 spiro atoms. The minimum absolute atomic E-state index is 0.658. The number of pyridine rings is 2. The number of hydrogen-bond donors (Lipinski definition) is 0. The minimum Gasteiger partial charge on any atom is -0.493 e. The van der Waals surface area contributed by atoms with Crippen molar-refractivity contribution in [2.45, 2.75) is 0 Å². The van der Waals surface area contributed by atoms with Crippen LogP contribution >= 0.6 is 0 Å². The first kappa shape index (κ1) is 21.5. The second-order valence-electron chi connectivity index (χ2n) is 7.73. The fourth-order valence-corrected chi connectivity index (χ4v) is 4.53. The van der Waals surface area contributed by atoms with Crippen molar-refractivity contribution in [3.05, 3.63) is 73.3 Å². The van der Waals surface area contributed by atoms with Crippen LogP contribution in [0.25, 0.3) is 43.8 Å². The zero-order valence-corrected chi connectivity index (χ0v) is 19.5. The summed E-state index contributed by atoms with van der Waals surface area (Å²) in [4.78, 5) is 8.44. The molecule has 0 fully saturated rings. The fraction of sp³-hybridized carbons (Fsp3) is 0.143. The van der Waals surface area contributed by atoms with Crippen molar-refractivity contribution in [3.8, 4) is 45.3 Å². The molecule has 0 aliphatic rings. The summed E-state index contributed by atoms with van der Waals surface area (Å²) in [6.07, 6.45) is 7.19. The Balaban J connectivity index is 2.08. The zero-order chi connectivity index (χ0) is 23.7. The quantitative estimate of drug-likeness (QED) is 0.288. The largest absolute Gasteiger partial charge is 0.493 e. The minimum atomic E-state index is 0.658. The Morgan fingerprint density at radius 1 is 0.441 bits per heavy atom. The zero-order valence-electron chi connectivity index (χ0n) is 19.5. The average molecular weight is 453 g/mol. The third kappa shape index (κ3) is 3.44. The summed E-state index contributed by atoms with van der Waals surface area (Å²) < 4.78 is 22.7. The molecule has 0 radical (unpaired) electrons. The standard InChI is InChI=1S/C28H24N2O4/c1-31-23-13-19-20(14-24(23)32-2)28(18-7-11-30-12-8-18)22-16-26(34-4)25(33-3)15-21(22)27(19)17-5-9-29-10-6-17/h5-16H,1-4H3. The third-order valence-corrected chi connectivity index (χ3v) is 6.06. The Hall–Kier alpha value is -4.32. The van der Waals surface area contributed by atoms with Gasteiger partial charge in [0.25, 0.3) is 0 Å². The summed E-state index contributed by atoms with van der Waals surface area (Å²) in [6, 6.07) is 16.2. The van der Waals surface area contributed by atoms with E-state index in [4.69, 9.17) is 18.9 Å². The van der Waals surface area contributed by atoms with Crippen molar-refractivity contribution < 1.29 is 18.9 Å². The molecule has 5 rings (SSSR count). The summed E-state index contributed by atoms with van der Waals surface area (Å²) in [5, 5.41) is 4.09. The number of benzene rings is 3. The number of fused-ring (bicyclic) bond motifs is 2. The van der Waals surface area contributed by atoms with Gasteiger partial charge in [0.1, 0.15) is 0 Å². The molecule has 0 bridgehead atoms. The number of hydrogen-bond acceptors (Lipinski definition) is 6. The molecule has 0 saturated carbocycles. The number of rotatable bonds is 6. The highest BCUT2D eigenvalue weighted by Crippen LogP contribution is 2.49. The molecule has 0 unspecified atom stereocenters. The highest BCUT2D eigenvalue weighted by molar-refractivity contribution is 6.22. The predicted octanol–water partition coefficient (Wildman–Crippen LogP) is 6.15. The van der Waals surface area contributed by atoms with Gasteiger partial charge in [0.2, 0.25) is 0 Å². The van der Waals surface area contributed by atoms with Crippen LogP contribution in [0.1, 0.15) is 0 Å². The van der Waals surface area contributed by atoms with Crippen molar-refractivity contribution in [3.63, 3.8) is 0 Å². The summed E-state index contributed by atoms with van der Waals surface area (Å²) in [5.41, 5.74) is 4.16. The van der Waals surface area contributed by atoms with Crippen molar-refractivity contribution in [2.24, 2.45) is 0 Å². The first-order valence-electron chi connectivity index (χ1n) is 10.8. The first-order valence-corrected chi connectivity index (χ1v) is 10.8. The topological polar surface area (TPSA) is 62.7 Å². The second-order valence-corrected chi connectivity index (χ2v) is 7.73. The van der Waals surface area contributed by atoms with E-state index >= 15 is 0 Å². The van der Waals surface area contributed by atoms with E-state index in [2.05, 4.69) is 9.97 Å². The smallest absolute Gasteiger partial charge is 0.161 e. The molecule has 0 amide bonds. The van der Waals surface area contributed by atoms with E-state index < -0.39 is 0 Å². The van der Waals surface area contributed by atoms with E-state index in [0.29, 0.717) is 23.0 Å². The Bertz CT molecular complexity index is 1300. The molecule has 5 aromatic rings. The molecule has 2 heterocycles. The van der Waals surface area contributed by atoms with Gasteiger partial charge in [-0.25, -0.2) is 0 Å². The Labute approximate surface area is 197 Å². The van der Waals surface area contributed by atoms with Crippen molar-refractivity contribution in [1.82, 2.24) is 9.97 Å². The number of ether oxygens (including phenoxy) is 4. The summed E-state index contributed by atoms with van der Waals surface area (Å²) >= 11 is 0. The maximum absolute atomic E-state index is 5.68. The molecule has 0 atom stereocenters. The van der Waals surface area contributed by atoms with Gasteiger partial charge in [-0.1, -0.05) is 0 Å². The van der Waals surface area contributed by atoms with E-state index in [9.17, 15) is 0 Å². The maximum atomic E-state index is 5.68. The van der Waals surface area contributed by atoms with Crippen LogP contribution in [0.15, 0.2) is 73.3 Å². The lowest BCUT2D eigenvalue weighted by Crippen LogP contribution is -1.97. The molecule has 6 nitrogen and oxygen atoms in total. The average Bonchev–Trinajstić information content (AvgIpc) is 2.90. The van der Waals surface area contributed by atoms with Gasteiger partial charge in [-0.15, -0.1) is 0 Å². The first-order chi connectivity index (χ1) is 16.7. The van der Waals surface area contributed by atoms with Crippen LogP contribution < -0.4 is 18.9 Å². The third-order valence-electron chi connectivity index (χ3n) is 6.06. The lowest BCUT2D eigenvalue weighted by atomic mass is 9.86. The molecular weight excluding hydrogens is 428 g/mol. The molecule has 0 N–H and O–H groups in total. The van der Waals surface area contributed by atoms with E-state index in [1.807, 2.05) is 48.5 Å². The van der Waals surface area contributed by atoms with Crippen LogP contribution in [-0.2, 0) is 0 Å². The van der Waals surface area contributed by atoms with Gasteiger partial charge in [0.15, 0.2) is 23.0 Å². The predicted molar refractivity (Wildman–Crippen MR) is 134 cm³/mol. The number of aromatic nitrogens is 2. The maximum Gasteiger partial charge on any atom is 0.161 e. The summed E-state index contributed by atoms with van der Waals surface area (Å²) in [7, 11) is 6.59. The Morgan fingerprint density at radius 3 is 0.941 bits per heavy atom. The van der Waals surface area contributed by atoms with E-state index in [1.165, 1.54) is 0 Å². The Kier molecular flexibility index (Phi) is 5.64. The SMILES string of the molecule is COc1cc2c(-c3ccncc3)c3cc(OC)c(OC)cc3c(-c3ccncc3)c2cc1OC. The van der Waals surface area contributed by atoms with Gasteiger partial charge in [-0.05, 0) is 92.3 Å². The lowest BCUT2D eigenvalue weighted by molar-refractivity contribution is 0.355. The monoisotopic (exact) mass is 452 g/mol. The Morgan fingerprint density at radius 2 is 0.706 bits per heavy atom. The molecule has 0 aliphatic heterocycles. The van der Waals surface area contributed by atoms with E-state index in [0.717, 1.165) is 43.8 Å². The van der Waals surface area contributed by atoms with E-state index in [1.54, 1.807) is 53.2 Å². The van der Waals surface area contributed by atoms with Gasteiger partial charge in [0.05, 0.1) is 28.4 Å². The van der Waals surface area contributed by atoms with Crippen LogP contribution in [0.2, 0.25) is 0 Å². The fourth-order valence-electron chi connectivity index (χ4n) is 4.53. The summed E-state index contributed by atoms with van der Waals surface area (Å²) in [5.74, 6) is 2.63. The molecule has 3 aromatic carbocycles. The normalized spacial score (nSPS) is 10.9. The van der Waals surface area contributed by atoms with Gasteiger partial charge < -0.3 is 18.9 Å². The van der Waals surface area contributed by atoms with Gasteiger partial charge >= 0.3 is 0 Å². The molecule has 170 valence electrons. The summed E-state index contributed by atoms with van der Waals surface area (Å²) in [6.45, 7) is 0. The van der Waals surface area contributed by atoms with Gasteiger partial charge in [0, 0.05) is 24.8 Å². The molecule has 0 saturated heterocycles. The van der Waals surface area contributed by atoms with Crippen LogP contribution in [-0.4, -0.2) is 38.4 Å². The van der Waals surface area contributed by atoms with Crippen LogP contribution in [0.5, 0.6) is 23.0 Å². The molecule has 34 heavy (non-hydrogen) atoms. The highest BCUT2D eigenvalue weighted by atomic mass is 16.5. The molecule has 0 aliphatic carbocycles. The molecular formula is C28H24N2O4. The van der Waals surface area contributed by atoms with Crippen molar-refractivity contribution in [1.29, 1.82) is 0 Å². The molecule has 6 heteroatoms. The number of nitrogens with zero attached hydrogens (tertiary/aromatic N) is 2. The van der Waals surface area contributed by atoms with Crippen LogP contribution in [0.3, 0.4) is 0 Å². The van der Waals surface area contributed by atoms with Crippen LogP contribution in [0, 0.1) is 0 Å². The van der Waals surface area contributed by atoms with Gasteiger partial charge in [-0.2, -0.15) is 0 Å². The second kappa shape index (κ2) is 8.90. The van der Waals surface area contributed by atoms with Crippen molar-refractivity contribution >= 4 is 21.5 Å². The highest BCUT2D eigenvalue weighted by Gasteiger charge is 2.21. The van der Waals surface area contributed by atoms with Gasteiger partial charge in [-0.3, -0.25) is 9.97 Å². The van der Waals surface area contributed by atoms with Crippen molar-refractivity contribution in [2.75, 3.05) is 28.4 Å². The molecule has 2 aromatic heterocycles. The lowest BCUT2D eigenvalue weighted by Gasteiger charge is -2.21.